The Morgan fingerprint density at radius 3 is 2.53 bits per heavy atom. The van der Waals surface area contributed by atoms with Gasteiger partial charge in [0.2, 0.25) is 0 Å². The van der Waals surface area contributed by atoms with E-state index in [0.717, 1.165) is 0 Å². The van der Waals surface area contributed by atoms with Gasteiger partial charge in [-0.1, -0.05) is 11.6 Å². The van der Waals surface area contributed by atoms with Gasteiger partial charge in [0, 0.05) is 18.7 Å². The molecule has 0 radical (unpaired) electrons. The molecule has 0 unspecified atom stereocenters. The second-order valence-corrected chi connectivity index (χ2v) is 4.08. The summed E-state index contributed by atoms with van der Waals surface area (Å²) in [6.07, 6.45) is 0.280. The van der Waals surface area contributed by atoms with Crippen LogP contribution in [0.4, 0.5) is 5.69 Å². The summed E-state index contributed by atoms with van der Waals surface area (Å²) in [5.74, 6) is 0.894. The van der Waals surface area contributed by atoms with E-state index < -0.39 is 0 Å². The monoisotopic (exact) mass is 287 g/mol. The Labute approximate surface area is 117 Å². The molecule has 0 amide bonds. The molecule has 1 aromatic rings. The lowest BCUT2D eigenvalue weighted by Gasteiger charge is -2.13. The molecule has 5 nitrogen and oxygen atoms in total. The first-order chi connectivity index (χ1) is 9.12. The van der Waals surface area contributed by atoms with E-state index in [1.807, 2.05) is 0 Å². The van der Waals surface area contributed by atoms with Crippen LogP contribution in [0.3, 0.4) is 0 Å². The van der Waals surface area contributed by atoms with Crippen molar-refractivity contribution in [2.24, 2.45) is 0 Å². The third-order valence-corrected chi connectivity index (χ3v) is 2.72. The zero-order valence-corrected chi connectivity index (χ0v) is 12.0. The number of hydrogen-bond donors (Lipinski definition) is 1. The standard InChI is InChI=1S/C13H18ClNO4/c1-4-19-13(16)5-6-15-10-8-11(17-2)9(14)7-12(10)18-3/h7-8,15H,4-6H2,1-3H3. The maximum Gasteiger partial charge on any atom is 0.307 e. The summed E-state index contributed by atoms with van der Waals surface area (Å²) in [6, 6.07) is 3.39. The van der Waals surface area contributed by atoms with Crippen LogP contribution >= 0.6 is 11.6 Å². The average molecular weight is 288 g/mol. The lowest BCUT2D eigenvalue weighted by Crippen LogP contribution is -2.11. The molecule has 0 saturated carbocycles. The molecule has 6 heteroatoms. The molecule has 19 heavy (non-hydrogen) atoms. The Bertz CT molecular complexity index is 437. The van der Waals surface area contributed by atoms with Crippen LogP contribution in [0, 0.1) is 0 Å². The molecule has 0 aliphatic carbocycles. The van der Waals surface area contributed by atoms with Crippen molar-refractivity contribution in [1.82, 2.24) is 0 Å². The average Bonchev–Trinajstić information content (AvgIpc) is 2.40. The summed E-state index contributed by atoms with van der Waals surface area (Å²) >= 11 is 6.00. The highest BCUT2D eigenvalue weighted by Crippen LogP contribution is 2.35. The van der Waals surface area contributed by atoms with Crippen molar-refractivity contribution in [1.29, 1.82) is 0 Å². The molecule has 0 fully saturated rings. The lowest BCUT2D eigenvalue weighted by molar-refractivity contribution is -0.142. The fourth-order valence-electron chi connectivity index (χ4n) is 1.53. The van der Waals surface area contributed by atoms with Gasteiger partial charge in [0.15, 0.2) is 0 Å². The molecular weight excluding hydrogens is 270 g/mol. The molecule has 1 rings (SSSR count). The number of nitrogens with one attached hydrogen (secondary N) is 1. The Balaban J connectivity index is 2.68. The third-order valence-electron chi connectivity index (χ3n) is 2.42. The first-order valence-electron chi connectivity index (χ1n) is 5.93. The van der Waals surface area contributed by atoms with Crippen LogP contribution in [0.15, 0.2) is 12.1 Å². The van der Waals surface area contributed by atoms with E-state index in [4.69, 9.17) is 25.8 Å². The number of hydrogen-bond acceptors (Lipinski definition) is 5. The second-order valence-electron chi connectivity index (χ2n) is 3.67. The number of anilines is 1. The van der Waals surface area contributed by atoms with Crippen LogP contribution in [0.2, 0.25) is 5.02 Å². The number of carbonyl (C=O) groups is 1. The number of halogens is 1. The van der Waals surface area contributed by atoms with Crippen molar-refractivity contribution in [2.45, 2.75) is 13.3 Å². The molecule has 0 atom stereocenters. The predicted octanol–water partition coefficient (Wildman–Crippen LogP) is 2.72. The SMILES string of the molecule is CCOC(=O)CCNc1cc(OC)c(Cl)cc1OC. The minimum atomic E-state index is -0.241. The van der Waals surface area contributed by atoms with Gasteiger partial charge < -0.3 is 19.5 Å². The molecule has 0 spiro atoms. The van der Waals surface area contributed by atoms with Gasteiger partial charge >= 0.3 is 5.97 Å². The summed E-state index contributed by atoms with van der Waals surface area (Å²) < 4.78 is 15.2. The Morgan fingerprint density at radius 1 is 1.26 bits per heavy atom. The molecule has 1 aromatic carbocycles. The van der Waals surface area contributed by atoms with Gasteiger partial charge in [0.25, 0.3) is 0 Å². The Kier molecular flexibility index (Phi) is 6.29. The molecular formula is C13H18ClNO4. The van der Waals surface area contributed by atoms with Crippen molar-refractivity contribution >= 4 is 23.3 Å². The summed E-state index contributed by atoms with van der Waals surface area (Å²) in [7, 11) is 3.09. The van der Waals surface area contributed by atoms with E-state index in [1.54, 1.807) is 26.2 Å². The molecule has 0 aromatic heterocycles. The van der Waals surface area contributed by atoms with E-state index in [0.29, 0.717) is 35.4 Å². The normalized spacial score (nSPS) is 9.89. The fraction of sp³-hybridized carbons (Fsp3) is 0.462. The number of esters is 1. The van der Waals surface area contributed by atoms with Gasteiger partial charge in [-0.2, -0.15) is 0 Å². The predicted molar refractivity (Wildman–Crippen MR) is 74.3 cm³/mol. The number of methoxy groups -OCH3 is 2. The van der Waals surface area contributed by atoms with E-state index in [9.17, 15) is 4.79 Å². The van der Waals surface area contributed by atoms with E-state index in [-0.39, 0.29) is 12.4 Å². The van der Waals surface area contributed by atoms with Gasteiger partial charge in [-0.15, -0.1) is 0 Å². The number of benzene rings is 1. The topological polar surface area (TPSA) is 56.8 Å². The molecule has 0 aliphatic heterocycles. The minimum Gasteiger partial charge on any atom is -0.495 e. The Hall–Kier alpha value is -1.62. The van der Waals surface area contributed by atoms with Crippen LogP contribution in [-0.2, 0) is 9.53 Å². The maximum atomic E-state index is 11.2. The van der Waals surface area contributed by atoms with Crippen molar-refractivity contribution in [3.8, 4) is 11.5 Å². The lowest BCUT2D eigenvalue weighted by atomic mass is 10.2. The van der Waals surface area contributed by atoms with E-state index in [2.05, 4.69) is 5.32 Å². The van der Waals surface area contributed by atoms with Gasteiger partial charge in [-0.05, 0) is 6.92 Å². The molecule has 0 aliphatic rings. The van der Waals surface area contributed by atoms with Crippen LogP contribution in [0.1, 0.15) is 13.3 Å². The second kappa shape index (κ2) is 7.74. The number of ether oxygens (including phenoxy) is 3. The van der Waals surface area contributed by atoms with Crippen LogP contribution in [0.5, 0.6) is 11.5 Å². The van der Waals surface area contributed by atoms with E-state index >= 15 is 0 Å². The molecule has 106 valence electrons. The van der Waals surface area contributed by atoms with Crippen LogP contribution in [-0.4, -0.2) is 33.3 Å². The zero-order valence-electron chi connectivity index (χ0n) is 11.3. The van der Waals surface area contributed by atoms with Gasteiger partial charge in [-0.25, -0.2) is 0 Å². The van der Waals surface area contributed by atoms with Gasteiger partial charge in [0.1, 0.15) is 11.5 Å². The van der Waals surface area contributed by atoms with Crippen LogP contribution in [0.25, 0.3) is 0 Å². The highest BCUT2D eigenvalue weighted by atomic mass is 35.5. The first kappa shape index (κ1) is 15.4. The molecule has 0 heterocycles. The summed E-state index contributed by atoms with van der Waals surface area (Å²) in [5.41, 5.74) is 0.716. The molecule has 0 bridgehead atoms. The van der Waals surface area contributed by atoms with Gasteiger partial charge in [-0.3, -0.25) is 4.79 Å². The summed E-state index contributed by atoms with van der Waals surface area (Å²) in [5, 5.41) is 3.56. The first-order valence-corrected chi connectivity index (χ1v) is 6.31. The highest BCUT2D eigenvalue weighted by molar-refractivity contribution is 6.32. The van der Waals surface area contributed by atoms with Crippen molar-refractivity contribution in [3.63, 3.8) is 0 Å². The van der Waals surface area contributed by atoms with Crippen LogP contribution < -0.4 is 14.8 Å². The molecule has 1 N–H and O–H groups in total. The van der Waals surface area contributed by atoms with Crippen molar-refractivity contribution in [3.05, 3.63) is 17.2 Å². The third kappa shape index (κ3) is 4.52. The minimum absolute atomic E-state index is 0.241. The summed E-state index contributed by atoms with van der Waals surface area (Å²) in [6.45, 7) is 2.61. The Morgan fingerprint density at radius 2 is 1.95 bits per heavy atom. The zero-order chi connectivity index (χ0) is 14.3. The van der Waals surface area contributed by atoms with Crippen molar-refractivity contribution in [2.75, 3.05) is 32.7 Å². The molecule has 0 saturated heterocycles. The number of rotatable bonds is 7. The number of carbonyl (C=O) groups excluding carboxylic acids is 1. The quantitative estimate of drug-likeness (QED) is 0.782. The maximum absolute atomic E-state index is 11.2. The van der Waals surface area contributed by atoms with E-state index in [1.165, 1.54) is 7.11 Å². The summed E-state index contributed by atoms with van der Waals surface area (Å²) in [4.78, 5) is 11.2. The van der Waals surface area contributed by atoms with Gasteiger partial charge in [0.05, 0.1) is 38.0 Å². The largest absolute Gasteiger partial charge is 0.495 e. The van der Waals surface area contributed by atoms with Crippen molar-refractivity contribution < 1.29 is 19.0 Å². The highest BCUT2D eigenvalue weighted by Gasteiger charge is 2.10. The fourth-order valence-corrected chi connectivity index (χ4v) is 1.76. The smallest absolute Gasteiger partial charge is 0.307 e.